The highest BCUT2D eigenvalue weighted by molar-refractivity contribution is 6.07. The number of carbonyl (C=O) groups is 3. The van der Waals surface area contributed by atoms with Gasteiger partial charge in [-0.1, -0.05) is 12.1 Å². The summed E-state index contributed by atoms with van der Waals surface area (Å²) < 4.78 is 34.3. The van der Waals surface area contributed by atoms with Crippen molar-refractivity contribution in [3.8, 4) is 5.75 Å². The molecule has 3 amide bonds. The number of hydrogen-bond donors (Lipinski definition) is 2. The van der Waals surface area contributed by atoms with Crippen molar-refractivity contribution in [1.29, 1.82) is 0 Å². The van der Waals surface area contributed by atoms with Crippen LogP contribution >= 0.6 is 0 Å². The molecule has 5 rings (SSSR count). The highest BCUT2D eigenvalue weighted by Crippen LogP contribution is 2.31. The molecule has 2 saturated heterocycles. The van der Waals surface area contributed by atoms with Gasteiger partial charge in [0.1, 0.15) is 23.3 Å². The molecule has 0 spiro atoms. The average molecular weight is 679 g/mol. The zero-order valence-electron chi connectivity index (χ0n) is 29.3. The summed E-state index contributed by atoms with van der Waals surface area (Å²) in [5, 5.41) is 9.93. The largest absolute Gasteiger partial charge is 0.484 e. The van der Waals surface area contributed by atoms with Gasteiger partial charge in [-0.3, -0.25) is 19.2 Å². The number of nitrogens with zero attached hydrogens (tertiary/aromatic N) is 4. The first-order valence-corrected chi connectivity index (χ1v) is 16.7. The van der Waals surface area contributed by atoms with Gasteiger partial charge in [-0.05, 0) is 82.9 Å². The number of carbonyl (C=O) groups excluding carboxylic acids is 3. The molecule has 2 N–H and O–H groups in total. The third kappa shape index (κ3) is 9.15. The van der Waals surface area contributed by atoms with Crippen LogP contribution in [-0.2, 0) is 16.5 Å². The number of rotatable bonds is 10. The smallest absolute Gasteiger partial charge is 0.410 e. The van der Waals surface area contributed by atoms with Gasteiger partial charge in [0.15, 0.2) is 5.82 Å². The minimum Gasteiger partial charge on any atom is -0.484 e. The van der Waals surface area contributed by atoms with Crippen LogP contribution in [0.4, 0.5) is 15.0 Å². The molecule has 0 aliphatic carbocycles. The molecule has 3 heterocycles. The van der Waals surface area contributed by atoms with Crippen LogP contribution in [0.15, 0.2) is 42.6 Å². The Balaban J connectivity index is 1.43. The molecule has 1 aromatic heterocycles. The molecule has 2 fully saturated rings. The van der Waals surface area contributed by atoms with Crippen molar-refractivity contribution in [3.05, 3.63) is 76.2 Å². The van der Waals surface area contributed by atoms with Crippen molar-refractivity contribution in [2.45, 2.75) is 71.8 Å². The molecule has 0 bridgehead atoms. The van der Waals surface area contributed by atoms with Gasteiger partial charge in [-0.25, -0.2) is 9.18 Å². The number of halogens is 1. The number of aryl methyl sites for hydroxylation is 3. The van der Waals surface area contributed by atoms with Crippen LogP contribution in [0.1, 0.15) is 77.6 Å². The van der Waals surface area contributed by atoms with E-state index < -0.39 is 23.5 Å². The number of amides is 3. The number of hydrogen-bond acceptors (Lipinski definition) is 8. The van der Waals surface area contributed by atoms with E-state index in [1.165, 1.54) is 12.1 Å². The SMILES string of the molecule is Cc1ccc([C@@H](CN2CCN(C(=O)OC(C)(C)C)[C@H](C)C2)Oc2cc(C)c(C(=O)Nc3ccn(C)n3)cc2C(=O)NC[C@H]2CCO2)cc1F. The van der Waals surface area contributed by atoms with Gasteiger partial charge in [0.25, 0.3) is 11.8 Å². The van der Waals surface area contributed by atoms with Crippen molar-refractivity contribution >= 4 is 23.7 Å². The molecule has 3 atom stereocenters. The monoisotopic (exact) mass is 678 g/mol. The van der Waals surface area contributed by atoms with Gasteiger partial charge in [0.2, 0.25) is 0 Å². The topological polar surface area (TPSA) is 127 Å². The van der Waals surface area contributed by atoms with Crippen molar-refractivity contribution in [2.75, 3.05) is 44.6 Å². The summed E-state index contributed by atoms with van der Waals surface area (Å²) >= 11 is 0. The quantitative estimate of drug-likeness (QED) is 0.307. The Labute approximate surface area is 286 Å². The third-order valence-electron chi connectivity index (χ3n) is 8.66. The summed E-state index contributed by atoms with van der Waals surface area (Å²) in [6.07, 6.45) is 1.43. The fraction of sp³-hybridized carbons (Fsp3) is 0.500. The molecule has 12 nitrogen and oxygen atoms in total. The maximum atomic E-state index is 14.9. The van der Waals surface area contributed by atoms with Gasteiger partial charge in [-0.2, -0.15) is 5.10 Å². The van der Waals surface area contributed by atoms with Gasteiger partial charge in [-0.15, -0.1) is 0 Å². The van der Waals surface area contributed by atoms with E-state index in [1.54, 1.807) is 54.9 Å². The third-order valence-corrected chi connectivity index (χ3v) is 8.66. The Morgan fingerprint density at radius 2 is 1.82 bits per heavy atom. The Hall–Kier alpha value is -4.49. The van der Waals surface area contributed by atoms with E-state index in [0.29, 0.717) is 61.8 Å². The first-order valence-electron chi connectivity index (χ1n) is 16.7. The number of aromatic nitrogens is 2. The van der Waals surface area contributed by atoms with E-state index in [0.717, 1.165) is 6.42 Å². The van der Waals surface area contributed by atoms with Crippen LogP contribution in [0.2, 0.25) is 0 Å². The fourth-order valence-corrected chi connectivity index (χ4v) is 5.81. The van der Waals surface area contributed by atoms with Crippen LogP contribution in [0, 0.1) is 19.7 Å². The molecule has 0 unspecified atom stereocenters. The zero-order chi connectivity index (χ0) is 35.5. The molecule has 49 heavy (non-hydrogen) atoms. The van der Waals surface area contributed by atoms with E-state index in [-0.39, 0.29) is 40.9 Å². The first kappa shape index (κ1) is 35.8. The molecule has 0 radical (unpaired) electrons. The van der Waals surface area contributed by atoms with E-state index in [2.05, 4.69) is 20.6 Å². The maximum absolute atomic E-state index is 14.9. The standard InChI is InChI=1S/C36H47FN6O6/c1-22-8-9-25(17-29(22)37)31(21-42-13-14-43(24(3)20-42)35(46)49-36(4,5)6)48-30-16-23(2)27(34(45)39-32-10-12-41(7)40-32)18-28(30)33(44)38-19-26-11-15-47-26/h8-10,12,16-18,24,26,31H,11,13-15,19-21H2,1-7H3,(H,38,44)(H,39,40,45)/t24-,26-,31-/m1/s1. The number of anilines is 1. The molecule has 264 valence electrons. The first-order chi connectivity index (χ1) is 23.2. The number of ether oxygens (including phenoxy) is 3. The second-order valence-electron chi connectivity index (χ2n) is 13.9. The number of piperazine rings is 1. The van der Waals surface area contributed by atoms with Crippen LogP contribution in [-0.4, -0.2) is 94.6 Å². The summed E-state index contributed by atoms with van der Waals surface area (Å²) in [7, 11) is 1.75. The lowest BCUT2D eigenvalue weighted by molar-refractivity contribution is -0.0473. The van der Waals surface area contributed by atoms with Gasteiger partial charge in [0, 0.05) is 70.2 Å². The van der Waals surface area contributed by atoms with Gasteiger partial charge < -0.3 is 29.7 Å². The number of benzene rings is 2. The van der Waals surface area contributed by atoms with E-state index in [4.69, 9.17) is 14.2 Å². The highest BCUT2D eigenvalue weighted by atomic mass is 19.1. The molecule has 2 aromatic carbocycles. The zero-order valence-corrected chi connectivity index (χ0v) is 29.3. The second-order valence-corrected chi connectivity index (χ2v) is 13.9. The summed E-state index contributed by atoms with van der Waals surface area (Å²) in [4.78, 5) is 43.8. The average Bonchev–Trinajstić information content (AvgIpc) is 3.40. The minimum absolute atomic E-state index is 0.0738. The van der Waals surface area contributed by atoms with Crippen molar-refractivity contribution < 1.29 is 33.0 Å². The lowest BCUT2D eigenvalue weighted by Crippen LogP contribution is -2.55. The Morgan fingerprint density at radius 1 is 1.06 bits per heavy atom. The summed E-state index contributed by atoms with van der Waals surface area (Å²) in [5.41, 5.74) is 1.51. The molecule has 2 aliphatic heterocycles. The lowest BCUT2D eigenvalue weighted by Gasteiger charge is -2.41. The molecular formula is C36H47FN6O6. The molecule has 0 saturated carbocycles. The molecule has 2 aliphatic rings. The van der Waals surface area contributed by atoms with E-state index >= 15 is 0 Å². The van der Waals surface area contributed by atoms with Crippen molar-refractivity contribution in [1.82, 2.24) is 24.9 Å². The lowest BCUT2D eigenvalue weighted by atomic mass is 10.0. The maximum Gasteiger partial charge on any atom is 0.410 e. The van der Waals surface area contributed by atoms with Crippen LogP contribution in [0.3, 0.4) is 0 Å². The van der Waals surface area contributed by atoms with E-state index in [9.17, 15) is 18.8 Å². The summed E-state index contributed by atoms with van der Waals surface area (Å²) in [6, 6.07) is 9.70. The minimum atomic E-state index is -0.690. The van der Waals surface area contributed by atoms with Gasteiger partial charge in [0.05, 0.1) is 11.7 Å². The predicted molar refractivity (Wildman–Crippen MR) is 182 cm³/mol. The fourth-order valence-electron chi connectivity index (χ4n) is 5.81. The predicted octanol–water partition coefficient (Wildman–Crippen LogP) is 5.01. The van der Waals surface area contributed by atoms with Crippen molar-refractivity contribution in [3.63, 3.8) is 0 Å². The van der Waals surface area contributed by atoms with Crippen molar-refractivity contribution in [2.24, 2.45) is 7.05 Å². The van der Waals surface area contributed by atoms with E-state index in [1.807, 2.05) is 33.8 Å². The molecular weight excluding hydrogens is 631 g/mol. The Morgan fingerprint density at radius 3 is 2.43 bits per heavy atom. The Kier molecular flexibility index (Phi) is 10.9. The molecule has 13 heteroatoms. The van der Waals surface area contributed by atoms with Crippen LogP contribution in [0.25, 0.3) is 0 Å². The van der Waals surface area contributed by atoms with Crippen LogP contribution < -0.4 is 15.4 Å². The Bertz CT molecular complexity index is 1680. The normalized spacial score (nSPS) is 18.7. The number of nitrogens with one attached hydrogen (secondary N) is 2. The summed E-state index contributed by atoms with van der Waals surface area (Å²) in [5.74, 6) is -0.586. The second kappa shape index (κ2) is 15.0. The van der Waals surface area contributed by atoms with Crippen LogP contribution in [0.5, 0.6) is 5.75 Å². The highest BCUT2D eigenvalue weighted by Gasteiger charge is 2.33. The molecule has 3 aromatic rings. The summed E-state index contributed by atoms with van der Waals surface area (Å²) in [6.45, 7) is 13.8. The van der Waals surface area contributed by atoms with Gasteiger partial charge >= 0.3 is 6.09 Å².